The van der Waals surface area contributed by atoms with Gasteiger partial charge in [-0.05, 0) is 57.4 Å². The van der Waals surface area contributed by atoms with Crippen molar-refractivity contribution in [2.24, 2.45) is 0 Å². The topological polar surface area (TPSA) is 0 Å². The molecule has 0 atom stereocenters. The maximum absolute atomic E-state index is 2.89. The predicted octanol–water partition coefficient (Wildman–Crippen LogP) is 6.85. The largest absolute Gasteiger partial charge is 0.184 e. The van der Waals surface area contributed by atoms with Crippen molar-refractivity contribution >= 4 is 29.3 Å². The van der Waals surface area contributed by atoms with Gasteiger partial charge in [-0.1, -0.05) is 0 Å². The molecule has 0 nitrogen and oxygen atoms in total. The zero-order valence-corrected chi connectivity index (χ0v) is 20.5. The van der Waals surface area contributed by atoms with Crippen molar-refractivity contribution in [3.05, 3.63) is 36.4 Å². The van der Waals surface area contributed by atoms with E-state index in [1.165, 1.54) is 37.0 Å². The van der Waals surface area contributed by atoms with Gasteiger partial charge in [0.05, 0.1) is 37.0 Å². The Balaban J connectivity index is -0.000000233. The Hall–Kier alpha value is 1.22. The summed E-state index contributed by atoms with van der Waals surface area (Å²) in [6.45, 7) is 13.8. The Morgan fingerprint density at radius 3 is 0.955 bits per heavy atom. The summed E-state index contributed by atoms with van der Waals surface area (Å²) in [5.74, 6) is 0. The molecule has 1 rings (SSSR count). The average Bonchev–Trinajstić information content (AvgIpc) is 2.62. The minimum absolute atomic E-state index is 0.137. The molecule has 0 aromatic heterocycles. The molecule has 0 radical (unpaired) electrons. The second kappa shape index (κ2) is 27.1. The van der Waals surface area contributed by atoms with Crippen LogP contribution in [0.5, 0.6) is 0 Å². The first-order valence-electron chi connectivity index (χ1n) is 8.39. The molecule has 0 saturated heterocycles. The first kappa shape index (κ1) is 28.0. The molecule has 0 aliphatic heterocycles. The monoisotopic (exact) mass is 500 g/mol. The van der Waals surface area contributed by atoms with Crippen LogP contribution in [0.3, 0.4) is 0 Å². The third-order valence-corrected chi connectivity index (χ3v) is 9.61. The molecule has 0 aliphatic rings. The minimum atomic E-state index is 0.137. The molecule has 1 aromatic carbocycles. The van der Waals surface area contributed by atoms with Gasteiger partial charge >= 0.3 is 30.6 Å². The number of hydrogen-bond acceptors (Lipinski definition) is 0. The first-order valence-corrected chi connectivity index (χ1v) is 16.2. The molecule has 0 bridgehead atoms. The third kappa shape index (κ3) is 23.5. The molecule has 0 unspecified atom stereocenters. The summed E-state index contributed by atoms with van der Waals surface area (Å²) in [5, 5.41) is 0. The van der Waals surface area contributed by atoms with Crippen molar-refractivity contribution in [1.29, 1.82) is 0 Å². The van der Waals surface area contributed by atoms with Crippen molar-refractivity contribution < 1.29 is 17.2 Å². The van der Waals surface area contributed by atoms with E-state index in [-0.39, 0.29) is 15.8 Å². The van der Waals surface area contributed by atoms with Gasteiger partial charge in [0.25, 0.3) is 0 Å². The number of rotatable bonds is 6. The zero-order valence-electron chi connectivity index (χ0n) is 15.3. The average molecular weight is 502 g/mol. The van der Waals surface area contributed by atoms with Gasteiger partial charge < -0.3 is 0 Å². The van der Waals surface area contributed by atoms with E-state index in [1.807, 2.05) is 30.3 Å². The molecule has 134 valence electrons. The van der Waals surface area contributed by atoms with Crippen LogP contribution in [0.1, 0.15) is 41.5 Å². The van der Waals surface area contributed by atoms with E-state index < -0.39 is 0 Å². The molecule has 22 heavy (non-hydrogen) atoms. The van der Waals surface area contributed by atoms with Gasteiger partial charge in [0.15, 0.2) is 0 Å². The van der Waals surface area contributed by atoms with Gasteiger partial charge in [0.1, 0.15) is 0 Å². The van der Waals surface area contributed by atoms with Gasteiger partial charge in [-0.25, -0.2) is 0 Å². The molecule has 1 aromatic rings. The fraction of sp³-hybridized carbons (Fsp3) is 0.667. The van der Waals surface area contributed by atoms with Gasteiger partial charge in [-0.2, -0.15) is 36.4 Å². The summed E-state index contributed by atoms with van der Waals surface area (Å²) in [4.78, 5) is 0. The van der Waals surface area contributed by atoms with Crippen molar-refractivity contribution in [2.75, 3.05) is 37.0 Å². The molecule has 0 heterocycles. The maximum atomic E-state index is 2.89. The summed E-state index contributed by atoms with van der Waals surface area (Å²) in [7, 11) is 0.275. The molecule has 0 spiro atoms. The number of hydrogen-bond donors (Lipinski definition) is 0. The van der Waals surface area contributed by atoms with E-state index in [4.69, 9.17) is 0 Å². The molecular weight excluding hydrogens is 464 g/mol. The Morgan fingerprint density at radius 2 is 0.909 bits per heavy atom. The van der Waals surface area contributed by atoms with Crippen molar-refractivity contribution in [1.82, 2.24) is 0 Å². The van der Waals surface area contributed by atoms with Crippen molar-refractivity contribution in [3.8, 4) is 0 Å². The Kier molecular flexibility index (Phi) is 34.5. The van der Waals surface area contributed by atoms with E-state index >= 15 is 0 Å². The Labute approximate surface area is 160 Å². The number of halogens is 1. The quantitative estimate of drug-likeness (QED) is 0.227. The fourth-order valence-corrected chi connectivity index (χ4v) is 4.84. The smallest absolute Gasteiger partial charge is 0.171 e. The molecule has 0 amide bonds. The van der Waals surface area contributed by atoms with Gasteiger partial charge in [0.2, 0.25) is 0 Å². The predicted molar refractivity (Wildman–Crippen MR) is 114 cm³/mol. The van der Waals surface area contributed by atoms with Crippen molar-refractivity contribution in [2.45, 2.75) is 41.5 Å². The van der Waals surface area contributed by atoms with E-state index in [9.17, 15) is 0 Å². The van der Waals surface area contributed by atoms with Crippen LogP contribution in [-0.4, -0.2) is 37.0 Å². The van der Waals surface area contributed by atoms with Crippen LogP contribution >= 0.6 is 29.3 Å². The van der Waals surface area contributed by atoms with Gasteiger partial charge in [-0.3, -0.25) is 0 Å². The molecule has 0 aliphatic carbocycles. The van der Waals surface area contributed by atoms with Crippen LogP contribution in [0, 0.1) is 6.07 Å². The second-order valence-corrected chi connectivity index (χ2v) is 11.9. The SMILES string of the molecule is CC[PH+](CC)CC.CC[PH+](CC)CC.[Br][Pd+].[c-]1ccccc1. The fourth-order valence-electron chi connectivity index (χ4n) is 1.84. The van der Waals surface area contributed by atoms with Crippen LogP contribution in [0.15, 0.2) is 30.3 Å². The van der Waals surface area contributed by atoms with Crippen molar-refractivity contribution in [3.63, 3.8) is 0 Å². The third-order valence-electron chi connectivity index (χ3n) is 3.61. The second-order valence-electron chi connectivity index (χ2n) is 4.70. The molecular formula is C18H37BrP2Pd+2. The van der Waals surface area contributed by atoms with Crippen LogP contribution in [0.2, 0.25) is 0 Å². The van der Waals surface area contributed by atoms with E-state index in [1.54, 1.807) is 0 Å². The van der Waals surface area contributed by atoms with E-state index in [0.29, 0.717) is 0 Å². The normalized spacial score (nSPS) is 9.05. The molecule has 0 saturated carbocycles. The Bertz CT molecular complexity index is 203. The zero-order chi connectivity index (χ0) is 17.6. The number of benzene rings is 1. The van der Waals surface area contributed by atoms with E-state index in [0.717, 1.165) is 0 Å². The van der Waals surface area contributed by atoms with Gasteiger partial charge in [0, 0.05) is 0 Å². The minimum Gasteiger partial charge on any atom is -0.184 e. The standard InChI is InChI=1S/2C6H15P.C6H5.BrH.Pd/c2*1-4-7(5-2)6-3;1-2-4-6-5-3-1;;/h2*4-6H2,1-3H3;1-5H;1H;/q;;-1;;+2/p+1. The summed E-state index contributed by atoms with van der Waals surface area (Å²) in [6, 6.07) is 12.5. The summed E-state index contributed by atoms with van der Waals surface area (Å²) in [6.07, 6.45) is 8.74. The molecule has 4 heteroatoms. The van der Waals surface area contributed by atoms with Crippen LogP contribution in [0.4, 0.5) is 0 Å². The molecule has 0 fully saturated rings. The molecule has 0 N–H and O–H groups in total. The van der Waals surface area contributed by atoms with Crippen LogP contribution < -0.4 is 0 Å². The Morgan fingerprint density at radius 1 is 0.636 bits per heavy atom. The van der Waals surface area contributed by atoms with Gasteiger partial charge in [-0.15, -0.1) is 0 Å². The van der Waals surface area contributed by atoms with Crippen LogP contribution in [-0.2, 0) is 17.2 Å². The maximum Gasteiger partial charge on any atom is -0.171 e. The first-order chi connectivity index (χ1) is 10.7. The van der Waals surface area contributed by atoms with Crippen LogP contribution in [0.25, 0.3) is 0 Å². The summed E-state index contributed by atoms with van der Waals surface area (Å²) >= 11 is 5.35. The summed E-state index contributed by atoms with van der Waals surface area (Å²) in [5.41, 5.74) is 0. The van der Waals surface area contributed by atoms with E-state index in [2.05, 4.69) is 78.2 Å². The summed E-state index contributed by atoms with van der Waals surface area (Å²) < 4.78 is 0.